The molecular formula is C18H29N3O4S. The molecule has 0 aromatic heterocycles. The first-order chi connectivity index (χ1) is 12.4. The minimum Gasteiger partial charge on any atom is -0.379 e. The molecule has 1 saturated heterocycles. The number of ether oxygens (including phenoxy) is 1. The van der Waals surface area contributed by atoms with Crippen molar-refractivity contribution in [1.82, 2.24) is 14.5 Å². The maximum atomic E-state index is 12.1. The van der Waals surface area contributed by atoms with Crippen molar-refractivity contribution in [1.29, 1.82) is 0 Å². The van der Waals surface area contributed by atoms with Crippen LogP contribution in [-0.4, -0.2) is 82.3 Å². The number of hydrogen-bond acceptors (Lipinski definition) is 5. The van der Waals surface area contributed by atoms with Crippen molar-refractivity contribution in [2.24, 2.45) is 0 Å². The smallest absolute Gasteiger partial charge is 0.235 e. The quantitative estimate of drug-likeness (QED) is 0.589. The molecule has 0 spiro atoms. The normalized spacial score (nSPS) is 15.9. The number of morpholine rings is 1. The Labute approximate surface area is 156 Å². The number of carbonyl (C=O) groups is 1. The highest BCUT2D eigenvalue weighted by molar-refractivity contribution is 7.88. The summed E-state index contributed by atoms with van der Waals surface area (Å²) in [5.74, 6) is -0.259. The van der Waals surface area contributed by atoms with Crippen LogP contribution in [0.5, 0.6) is 0 Å². The van der Waals surface area contributed by atoms with Crippen molar-refractivity contribution < 1.29 is 17.9 Å². The van der Waals surface area contributed by atoms with E-state index in [4.69, 9.17) is 4.74 Å². The van der Waals surface area contributed by atoms with Gasteiger partial charge in [0.1, 0.15) is 0 Å². The molecule has 1 heterocycles. The van der Waals surface area contributed by atoms with E-state index in [1.165, 1.54) is 4.31 Å². The molecule has 26 heavy (non-hydrogen) atoms. The van der Waals surface area contributed by atoms with Gasteiger partial charge in [-0.1, -0.05) is 30.3 Å². The van der Waals surface area contributed by atoms with Crippen LogP contribution in [-0.2, 0) is 26.0 Å². The zero-order valence-electron chi connectivity index (χ0n) is 15.4. The van der Waals surface area contributed by atoms with E-state index in [2.05, 4.69) is 10.2 Å². The molecule has 8 heteroatoms. The van der Waals surface area contributed by atoms with Gasteiger partial charge in [-0.05, 0) is 24.9 Å². The Hall–Kier alpha value is -1.48. The third-order valence-electron chi connectivity index (χ3n) is 4.36. The molecule has 1 fully saturated rings. The van der Waals surface area contributed by atoms with Crippen LogP contribution in [0.2, 0.25) is 0 Å². The Bertz CT molecular complexity index is 646. The van der Waals surface area contributed by atoms with E-state index in [0.29, 0.717) is 19.5 Å². The summed E-state index contributed by atoms with van der Waals surface area (Å²) in [5, 5.41) is 2.82. The molecule has 1 amide bonds. The van der Waals surface area contributed by atoms with Crippen LogP contribution in [0.1, 0.15) is 12.0 Å². The highest BCUT2D eigenvalue weighted by Crippen LogP contribution is 2.04. The second-order valence-corrected chi connectivity index (χ2v) is 8.47. The third kappa shape index (κ3) is 7.82. The van der Waals surface area contributed by atoms with Crippen LogP contribution >= 0.6 is 0 Å². The van der Waals surface area contributed by atoms with Gasteiger partial charge in [-0.2, -0.15) is 4.31 Å². The summed E-state index contributed by atoms with van der Waals surface area (Å²) in [5.41, 5.74) is 1.05. The number of nitrogens with zero attached hydrogens (tertiary/aromatic N) is 2. The topological polar surface area (TPSA) is 79.0 Å². The van der Waals surface area contributed by atoms with Gasteiger partial charge >= 0.3 is 0 Å². The second-order valence-electron chi connectivity index (χ2n) is 6.49. The Morgan fingerprint density at radius 1 is 1.23 bits per heavy atom. The summed E-state index contributed by atoms with van der Waals surface area (Å²) in [6.07, 6.45) is 2.57. The van der Waals surface area contributed by atoms with Gasteiger partial charge < -0.3 is 10.1 Å². The fourth-order valence-electron chi connectivity index (χ4n) is 2.83. The van der Waals surface area contributed by atoms with E-state index in [9.17, 15) is 13.2 Å². The predicted molar refractivity (Wildman–Crippen MR) is 101 cm³/mol. The molecule has 0 saturated carbocycles. The average molecular weight is 384 g/mol. The molecule has 2 rings (SSSR count). The summed E-state index contributed by atoms with van der Waals surface area (Å²) < 4.78 is 30.4. The Kier molecular flexibility index (Phi) is 8.50. The van der Waals surface area contributed by atoms with Gasteiger partial charge in [-0.3, -0.25) is 9.69 Å². The van der Waals surface area contributed by atoms with Gasteiger partial charge in [0.05, 0.1) is 26.0 Å². The number of sulfonamides is 1. The first-order valence-corrected chi connectivity index (χ1v) is 10.9. The van der Waals surface area contributed by atoms with E-state index in [0.717, 1.165) is 51.1 Å². The van der Waals surface area contributed by atoms with Crippen LogP contribution in [0.3, 0.4) is 0 Å². The molecular weight excluding hydrogens is 354 g/mol. The first-order valence-electron chi connectivity index (χ1n) is 9.01. The summed E-state index contributed by atoms with van der Waals surface area (Å²) in [7, 11) is -3.43. The summed E-state index contributed by atoms with van der Waals surface area (Å²) >= 11 is 0. The number of benzene rings is 1. The van der Waals surface area contributed by atoms with Crippen LogP contribution in [0, 0.1) is 0 Å². The average Bonchev–Trinajstić information content (AvgIpc) is 2.63. The first kappa shape index (κ1) is 20.8. The maximum absolute atomic E-state index is 12.1. The van der Waals surface area contributed by atoms with Gasteiger partial charge in [0.2, 0.25) is 15.9 Å². The number of amides is 1. The molecule has 0 aliphatic carbocycles. The summed E-state index contributed by atoms with van der Waals surface area (Å²) in [4.78, 5) is 14.4. The van der Waals surface area contributed by atoms with Gasteiger partial charge in [0.25, 0.3) is 0 Å². The van der Waals surface area contributed by atoms with E-state index in [1.807, 2.05) is 30.3 Å². The lowest BCUT2D eigenvalue weighted by molar-refractivity contribution is -0.121. The van der Waals surface area contributed by atoms with Crippen molar-refractivity contribution in [3.8, 4) is 0 Å². The minimum atomic E-state index is -3.43. The number of carbonyl (C=O) groups excluding carboxylic acids is 1. The van der Waals surface area contributed by atoms with Crippen molar-refractivity contribution in [2.75, 3.05) is 58.7 Å². The maximum Gasteiger partial charge on any atom is 0.235 e. The van der Waals surface area contributed by atoms with Gasteiger partial charge in [-0.25, -0.2) is 8.42 Å². The molecule has 7 nitrogen and oxygen atoms in total. The van der Waals surface area contributed by atoms with Crippen LogP contribution < -0.4 is 5.32 Å². The number of nitrogens with one attached hydrogen (secondary N) is 1. The van der Waals surface area contributed by atoms with Crippen LogP contribution in [0.15, 0.2) is 30.3 Å². The van der Waals surface area contributed by atoms with Gasteiger partial charge in [-0.15, -0.1) is 0 Å². The molecule has 1 aliphatic heterocycles. The van der Waals surface area contributed by atoms with E-state index in [-0.39, 0.29) is 12.5 Å². The molecule has 146 valence electrons. The Balaban J connectivity index is 1.71. The SMILES string of the molecule is CS(=O)(=O)N(CCc1ccccc1)CC(=O)NCCCN1CCOCC1. The van der Waals surface area contributed by atoms with Crippen molar-refractivity contribution in [2.45, 2.75) is 12.8 Å². The van der Waals surface area contributed by atoms with E-state index in [1.54, 1.807) is 0 Å². The Morgan fingerprint density at radius 3 is 2.58 bits per heavy atom. The molecule has 0 radical (unpaired) electrons. The van der Waals surface area contributed by atoms with Crippen LogP contribution in [0.4, 0.5) is 0 Å². The van der Waals surface area contributed by atoms with E-state index >= 15 is 0 Å². The monoisotopic (exact) mass is 383 g/mol. The number of rotatable bonds is 10. The van der Waals surface area contributed by atoms with Crippen molar-refractivity contribution >= 4 is 15.9 Å². The van der Waals surface area contributed by atoms with E-state index < -0.39 is 10.0 Å². The molecule has 1 N–H and O–H groups in total. The zero-order valence-corrected chi connectivity index (χ0v) is 16.2. The van der Waals surface area contributed by atoms with Crippen LogP contribution in [0.25, 0.3) is 0 Å². The molecule has 0 atom stereocenters. The van der Waals surface area contributed by atoms with Gasteiger partial charge in [0.15, 0.2) is 0 Å². The minimum absolute atomic E-state index is 0.136. The molecule has 1 aromatic carbocycles. The molecule has 1 aliphatic rings. The van der Waals surface area contributed by atoms with Crippen molar-refractivity contribution in [3.63, 3.8) is 0 Å². The highest BCUT2D eigenvalue weighted by Gasteiger charge is 2.19. The predicted octanol–water partition coefficient (Wildman–Crippen LogP) is 0.329. The lowest BCUT2D eigenvalue weighted by atomic mass is 10.1. The largest absolute Gasteiger partial charge is 0.379 e. The third-order valence-corrected chi connectivity index (χ3v) is 5.61. The Morgan fingerprint density at radius 2 is 1.92 bits per heavy atom. The fourth-order valence-corrected chi connectivity index (χ4v) is 3.61. The lowest BCUT2D eigenvalue weighted by Crippen LogP contribution is -2.42. The summed E-state index contributed by atoms with van der Waals surface area (Å²) in [6, 6.07) is 9.66. The highest BCUT2D eigenvalue weighted by atomic mass is 32.2. The molecule has 0 unspecified atom stereocenters. The fraction of sp³-hybridized carbons (Fsp3) is 0.611. The molecule has 0 bridgehead atoms. The van der Waals surface area contributed by atoms with Crippen molar-refractivity contribution in [3.05, 3.63) is 35.9 Å². The zero-order chi connectivity index (χ0) is 18.8. The lowest BCUT2D eigenvalue weighted by Gasteiger charge is -2.26. The standard InChI is InChI=1S/C18H29N3O4S/c1-26(23,24)21(11-8-17-6-3-2-4-7-17)16-18(22)19-9-5-10-20-12-14-25-15-13-20/h2-4,6-7H,5,8-16H2,1H3,(H,19,22). The van der Waals surface area contributed by atoms with Gasteiger partial charge in [0, 0.05) is 26.2 Å². The second kappa shape index (κ2) is 10.6. The number of hydrogen-bond donors (Lipinski definition) is 1. The summed E-state index contributed by atoms with van der Waals surface area (Å²) in [6.45, 7) is 4.99. The molecule has 1 aromatic rings.